The van der Waals surface area contributed by atoms with E-state index in [0.29, 0.717) is 11.8 Å². The van der Waals surface area contributed by atoms with Crippen LogP contribution in [0.2, 0.25) is 0 Å². The molecule has 2 fully saturated rings. The van der Waals surface area contributed by atoms with Gasteiger partial charge in [0.15, 0.2) is 5.82 Å². The van der Waals surface area contributed by atoms with E-state index in [0.717, 1.165) is 24.6 Å². The molecule has 1 aromatic rings. The van der Waals surface area contributed by atoms with Gasteiger partial charge in [0.25, 0.3) is 0 Å². The van der Waals surface area contributed by atoms with Crippen LogP contribution in [0.4, 0.5) is 0 Å². The van der Waals surface area contributed by atoms with Crippen LogP contribution in [0.3, 0.4) is 0 Å². The second-order valence-corrected chi connectivity index (χ2v) is 4.09. The highest BCUT2D eigenvalue weighted by molar-refractivity contribution is 5.07. The Hall–Kier alpha value is -0.900. The SMILES string of the molecule is OC1CC(c2nc(C3CC3)no2)C1. The van der Waals surface area contributed by atoms with Gasteiger partial charge in [0.2, 0.25) is 5.89 Å². The first-order valence-electron chi connectivity index (χ1n) is 4.84. The molecule has 0 aromatic carbocycles. The predicted molar refractivity (Wildman–Crippen MR) is 44.3 cm³/mol. The van der Waals surface area contributed by atoms with Crippen LogP contribution in [0.1, 0.15) is 49.2 Å². The summed E-state index contributed by atoms with van der Waals surface area (Å²) < 4.78 is 5.15. The summed E-state index contributed by atoms with van der Waals surface area (Å²) in [6.07, 6.45) is 3.82. The molecule has 0 amide bonds. The van der Waals surface area contributed by atoms with Crippen LogP contribution < -0.4 is 0 Å². The molecule has 1 N–H and O–H groups in total. The summed E-state index contributed by atoms with van der Waals surface area (Å²) in [5, 5.41) is 13.1. The summed E-state index contributed by atoms with van der Waals surface area (Å²) in [5.41, 5.74) is 0. The van der Waals surface area contributed by atoms with E-state index in [1.54, 1.807) is 0 Å². The lowest BCUT2D eigenvalue weighted by Gasteiger charge is -2.27. The normalized spacial score (nSPS) is 33.0. The third-order valence-corrected chi connectivity index (χ3v) is 2.86. The molecule has 2 aliphatic carbocycles. The van der Waals surface area contributed by atoms with Crippen LogP contribution in [0.25, 0.3) is 0 Å². The van der Waals surface area contributed by atoms with Gasteiger partial charge in [-0.05, 0) is 25.7 Å². The minimum Gasteiger partial charge on any atom is -0.393 e. The number of hydrogen-bond donors (Lipinski definition) is 1. The maximum Gasteiger partial charge on any atom is 0.229 e. The van der Waals surface area contributed by atoms with Gasteiger partial charge in [-0.3, -0.25) is 0 Å². The maximum atomic E-state index is 9.12. The lowest BCUT2D eigenvalue weighted by molar-refractivity contribution is 0.0625. The average molecular weight is 180 g/mol. The van der Waals surface area contributed by atoms with Crippen molar-refractivity contribution >= 4 is 0 Å². The summed E-state index contributed by atoms with van der Waals surface area (Å²) in [6.45, 7) is 0. The fraction of sp³-hybridized carbons (Fsp3) is 0.778. The van der Waals surface area contributed by atoms with Crippen LogP contribution >= 0.6 is 0 Å². The minimum atomic E-state index is -0.152. The third kappa shape index (κ3) is 1.25. The van der Waals surface area contributed by atoms with Crippen molar-refractivity contribution in [2.75, 3.05) is 0 Å². The molecule has 3 rings (SSSR count). The van der Waals surface area contributed by atoms with Gasteiger partial charge in [0, 0.05) is 11.8 Å². The fourth-order valence-electron chi connectivity index (χ4n) is 1.71. The molecule has 0 radical (unpaired) electrons. The van der Waals surface area contributed by atoms with Crippen molar-refractivity contribution in [2.24, 2.45) is 0 Å². The molecule has 1 aromatic heterocycles. The van der Waals surface area contributed by atoms with Gasteiger partial charge >= 0.3 is 0 Å². The van der Waals surface area contributed by atoms with Crippen molar-refractivity contribution in [1.82, 2.24) is 10.1 Å². The van der Waals surface area contributed by atoms with Gasteiger partial charge < -0.3 is 9.63 Å². The zero-order chi connectivity index (χ0) is 8.84. The molecule has 0 saturated heterocycles. The Morgan fingerprint density at radius 2 is 2.00 bits per heavy atom. The van der Waals surface area contributed by atoms with Gasteiger partial charge in [0.1, 0.15) is 0 Å². The zero-order valence-electron chi connectivity index (χ0n) is 7.31. The topological polar surface area (TPSA) is 59.2 Å². The summed E-state index contributed by atoms with van der Waals surface area (Å²) in [6, 6.07) is 0. The highest BCUT2D eigenvalue weighted by atomic mass is 16.5. The molecule has 70 valence electrons. The van der Waals surface area contributed by atoms with Crippen LogP contribution in [-0.4, -0.2) is 21.4 Å². The number of hydrogen-bond acceptors (Lipinski definition) is 4. The Labute approximate surface area is 76.0 Å². The molecular formula is C9H12N2O2. The summed E-state index contributed by atoms with van der Waals surface area (Å²) >= 11 is 0. The Kier molecular flexibility index (Phi) is 1.47. The first kappa shape index (κ1) is 7.50. The lowest BCUT2D eigenvalue weighted by atomic mass is 9.82. The molecule has 0 atom stereocenters. The molecule has 1 heterocycles. The Morgan fingerprint density at radius 1 is 1.23 bits per heavy atom. The van der Waals surface area contributed by atoms with E-state index in [1.165, 1.54) is 12.8 Å². The maximum absolute atomic E-state index is 9.12. The monoisotopic (exact) mass is 180 g/mol. The Balaban J connectivity index is 1.74. The first-order valence-corrected chi connectivity index (χ1v) is 4.84. The molecule has 2 saturated carbocycles. The number of aliphatic hydroxyl groups is 1. The van der Waals surface area contributed by atoms with E-state index in [1.807, 2.05) is 0 Å². The summed E-state index contributed by atoms with van der Waals surface area (Å²) in [7, 11) is 0. The minimum absolute atomic E-state index is 0.152. The van der Waals surface area contributed by atoms with Gasteiger partial charge in [-0.2, -0.15) is 4.98 Å². The average Bonchev–Trinajstić information content (AvgIpc) is 2.80. The van der Waals surface area contributed by atoms with Gasteiger partial charge in [-0.25, -0.2) is 0 Å². The summed E-state index contributed by atoms with van der Waals surface area (Å²) in [5.74, 6) is 2.47. The standard InChI is InChI=1S/C9H12N2O2/c12-7-3-6(4-7)9-10-8(11-13-9)5-1-2-5/h5-7,12H,1-4H2. The third-order valence-electron chi connectivity index (χ3n) is 2.86. The summed E-state index contributed by atoms with van der Waals surface area (Å²) in [4.78, 5) is 4.34. The van der Waals surface area contributed by atoms with E-state index < -0.39 is 0 Å². The molecule has 13 heavy (non-hydrogen) atoms. The smallest absolute Gasteiger partial charge is 0.229 e. The van der Waals surface area contributed by atoms with Crippen molar-refractivity contribution in [2.45, 2.75) is 43.6 Å². The van der Waals surface area contributed by atoms with Gasteiger partial charge in [-0.1, -0.05) is 5.16 Å². The molecule has 2 aliphatic rings. The van der Waals surface area contributed by atoms with E-state index in [2.05, 4.69) is 10.1 Å². The van der Waals surface area contributed by atoms with Crippen molar-refractivity contribution < 1.29 is 9.63 Å². The number of aromatic nitrogens is 2. The van der Waals surface area contributed by atoms with Crippen molar-refractivity contribution in [3.8, 4) is 0 Å². The number of nitrogens with zero attached hydrogens (tertiary/aromatic N) is 2. The molecular weight excluding hydrogens is 168 g/mol. The van der Waals surface area contributed by atoms with Crippen LogP contribution in [-0.2, 0) is 0 Å². The van der Waals surface area contributed by atoms with E-state index in [-0.39, 0.29) is 6.10 Å². The fourth-order valence-corrected chi connectivity index (χ4v) is 1.71. The first-order chi connectivity index (χ1) is 6.33. The number of aliphatic hydroxyl groups excluding tert-OH is 1. The highest BCUT2D eigenvalue weighted by Gasteiger charge is 2.35. The molecule has 0 unspecified atom stereocenters. The van der Waals surface area contributed by atoms with Crippen LogP contribution in [0, 0.1) is 0 Å². The van der Waals surface area contributed by atoms with Gasteiger partial charge in [-0.15, -0.1) is 0 Å². The molecule has 4 heteroatoms. The molecule has 4 nitrogen and oxygen atoms in total. The van der Waals surface area contributed by atoms with Crippen molar-refractivity contribution in [1.29, 1.82) is 0 Å². The van der Waals surface area contributed by atoms with Crippen molar-refractivity contribution in [3.05, 3.63) is 11.7 Å². The highest BCUT2D eigenvalue weighted by Crippen LogP contribution is 2.40. The molecule has 0 aliphatic heterocycles. The number of rotatable bonds is 2. The lowest BCUT2D eigenvalue weighted by Crippen LogP contribution is -2.26. The van der Waals surface area contributed by atoms with Crippen LogP contribution in [0.5, 0.6) is 0 Å². The second-order valence-electron chi connectivity index (χ2n) is 4.09. The van der Waals surface area contributed by atoms with Gasteiger partial charge in [0.05, 0.1) is 6.10 Å². The predicted octanol–water partition coefficient (Wildman–Crippen LogP) is 1.19. The quantitative estimate of drug-likeness (QED) is 0.742. The largest absolute Gasteiger partial charge is 0.393 e. The van der Waals surface area contributed by atoms with Crippen molar-refractivity contribution in [3.63, 3.8) is 0 Å². The zero-order valence-corrected chi connectivity index (χ0v) is 7.31. The molecule has 0 spiro atoms. The Bertz CT molecular complexity index is 313. The van der Waals surface area contributed by atoms with E-state index in [4.69, 9.17) is 9.63 Å². The van der Waals surface area contributed by atoms with E-state index in [9.17, 15) is 0 Å². The second kappa shape index (κ2) is 2.54. The van der Waals surface area contributed by atoms with Crippen LogP contribution in [0.15, 0.2) is 4.52 Å². The Morgan fingerprint density at radius 3 is 2.62 bits per heavy atom. The van der Waals surface area contributed by atoms with E-state index >= 15 is 0 Å². The molecule has 0 bridgehead atoms.